The number of urea groups is 1. The fraction of sp³-hybridized carbons (Fsp3) is 0.393. The zero-order valence-corrected chi connectivity index (χ0v) is 23.5. The summed E-state index contributed by atoms with van der Waals surface area (Å²) in [5.74, 6) is 0.424. The van der Waals surface area contributed by atoms with E-state index in [1.54, 1.807) is 44.2 Å². The molecule has 0 unspecified atom stereocenters. The summed E-state index contributed by atoms with van der Waals surface area (Å²) in [6, 6.07) is 13.2. The molecular formula is C28H34FN5O4S. The van der Waals surface area contributed by atoms with Crippen molar-refractivity contribution in [3.8, 4) is 11.4 Å². The lowest BCUT2D eigenvalue weighted by Crippen LogP contribution is -2.44. The van der Waals surface area contributed by atoms with E-state index in [9.17, 15) is 17.6 Å². The molecule has 2 heterocycles. The molecule has 0 saturated carbocycles. The van der Waals surface area contributed by atoms with Crippen LogP contribution in [0.2, 0.25) is 0 Å². The highest BCUT2D eigenvalue weighted by molar-refractivity contribution is 7.92. The molecule has 4 rings (SSSR count). The van der Waals surface area contributed by atoms with Crippen LogP contribution in [0.3, 0.4) is 0 Å². The third-order valence-electron chi connectivity index (χ3n) is 6.61. The van der Waals surface area contributed by atoms with E-state index in [1.165, 1.54) is 12.1 Å². The van der Waals surface area contributed by atoms with Crippen molar-refractivity contribution in [3.05, 3.63) is 66.1 Å². The molecule has 3 aromatic rings. The van der Waals surface area contributed by atoms with Gasteiger partial charge in [0.05, 0.1) is 29.8 Å². The number of nitrogens with one attached hydrogen (secondary N) is 2. The number of hydrogen-bond donors (Lipinski definition) is 2. The van der Waals surface area contributed by atoms with Gasteiger partial charge < -0.3 is 20.3 Å². The summed E-state index contributed by atoms with van der Waals surface area (Å²) in [6.45, 7) is 10.6. The number of rotatable bonds is 7. The second-order valence-corrected chi connectivity index (χ2v) is 12.8. The van der Waals surface area contributed by atoms with E-state index in [1.807, 2.05) is 20.8 Å². The lowest BCUT2D eigenvalue weighted by Gasteiger charge is -2.35. The molecule has 1 fully saturated rings. The van der Waals surface area contributed by atoms with Gasteiger partial charge >= 0.3 is 6.03 Å². The van der Waals surface area contributed by atoms with Gasteiger partial charge in [-0.2, -0.15) is 0 Å². The summed E-state index contributed by atoms with van der Waals surface area (Å²) in [7, 11) is -3.95. The predicted molar refractivity (Wildman–Crippen MR) is 149 cm³/mol. The zero-order chi connectivity index (χ0) is 28.4. The summed E-state index contributed by atoms with van der Waals surface area (Å²) < 4.78 is 45.1. The number of amides is 2. The van der Waals surface area contributed by atoms with E-state index < -0.39 is 20.4 Å². The van der Waals surface area contributed by atoms with E-state index in [4.69, 9.17) is 14.7 Å². The number of hydrogen-bond acceptors (Lipinski definition) is 7. The second kappa shape index (κ2) is 11.3. The second-order valence-electron chi connectivity index (χ2n) is 10.4. The average Bonchev–Trinajstić information content (AvgIpc) is 2.89. The minimum absolute atomic E-state index is 0.00374. The minimum Gasteiger partial charge on any atom is -0.377 e. The first-order chi connectivity index (χ1) is 18.4. The van der Waals surface area contributed by atoms with Crippen LogP contribution in [0, 0.1) is 5.82 Å². The van der Waals surface area contributed by atoms with Crippen LogP contribution in [-0.2, 0) is 19.3 Å². The predicted octanol–water partition coefficient (Wildman–Crippen LogP) is 4.75. The Morgan fingerprint density at radius 1 is 1.10 bits per heavy atom. The summed E-state index contributed by atoms with van der Waals surface area (Å²) >= 11 is 0. The van der Waals surface area contributed by atoms with Gasteiger partial charge in [0.15, 0.2) is 15.7 Å². The first-order valence-corrected chi connectivity index (χ1v) is 14.3. The number of sulfone groups is 1. The van der Waals surface area contributed by atoms with E-state index in [0.717, 1.165) is 12.1 Å². The van der Waals surface area contributed by atoms with Crippen LogP contribution in [-0.4, -0.2) is 56.3 Å². The van der Waals surface area contributed by atoms with Gasteiger partial charge in [0.1, 0.15) is 16.4 Å². The zero-order valence-electron chi connectivity index (χ0n) is 22.7. The van der Waals surface area contributed by atoms with Gasteiger partial charge in [0.25, 0.3) is 0 Å². The number of nitrogens with zero attached hydrogens (tertiary/aromatic N) is 3. The molecule has 9 nitrogen and oxygen atoms in total. The first kappa shape index (κ1) is 28.4. The number of benzene rings is 2. The van der Waals surface area contributed by atoms with Crippen molar-refractivity contribution in [2.45, 2.75) is 56.3 Å². The Bertz CT molecular complexity index is 1430. The number of carbonyl (C=O) groups is 1. The Morgan fingerprint density at radius 3 is 2.38 bits per heavy atom. The molecule has 2 amide bonds. The van der Waals surface area contributed by atoms with Crippen molar-refractivity contribution in [1.82, 2.24) is 15.3 Å². The Labute approximate surface area is 228 Å². The highest BCUT2D eigenvalue weighted by Crippen LogP contribution is 2.37. The van der Waals surface area contributed by atoms with Crippen LogP contribution in [0.25, 0.3) is 11.4 Å². The highest BCUT2D eigenvalue weighted by atomic mass is 32.2. The molecule has 1 saturated heterocycles. The van der Waals surface area contributed by atoms with E-state index >= 15 is 0 Å². The Kier molecular flexibility index (Phi) is 8.22. The van der Waals surface area contributed by atoms with Gasteiger partial charge in [-0.1, -0.05) is 0 Å². The van der Waals surface area contributed by atoms with Gasteiger partial charge in [-0.3, -0.25) is 0 Å². The minimum atomic E-state index is -3.95. The Morgan fingerprint density at radius 2 is 1.77 bits per heavy atom. The molecule has 11 heteroatoms. The normalized spacial score (nSPS) is 16.3. The van der Waals surface area contributed by atoms with Crippen molar-refractivity contribution in [1.29, 1.82) is 0 Å². The molecule has 2 N–H and O–H groups in total. The third kappa shape index (κ3) is 6.20. The molecule has 1 aliphatic heterocycles. The van der Waals surface area contributed by atoms with Gasteiger partial charge in [0, 0.05) is 29.9 Å². The molecule has 0 spiro atoms. The summed E-state index contributed by atoms with van der Waals surface area (Å²) in [5.41, 5.74) is 1.56. The maximum Gasteiger partial charge on any atom is 0.319 e. The van der Waals surface area contributed by atoms with Crippen molar-refractivity contribution in [2.24, 2.45) is 0 Å². The largest absolute Gasteiger partial charge is 0.377 e. The lowest BCUT2D eigenvalue weighted by atomic mass is 10.1. The maximum atomic E-state index is 13.7. The van der Waals surface area contributed by atoms with Crippen LogP contribution in [0.15, 0.2) is 59.5 Å². The first-order valence-electron chi connectivity index (χ1n) is 12.8. The maximum absolute atomic E-state index is 13.7. The summed E-state index contributed by atoms with van der Waals surface area (Å²) in [4.78, 5) is 23.7. The summed E-state index contributed by atoms with van der Waals surface area (Å²) in [6.07, 6.45) is 0. The van der Waals surface area contributed by atoms with E-state index in [0.29, 0.717) is 48.3 Å². The van der Waals surface area contributed by atoms with Gasteiger partial charge in [-0.05, 0) is 83.1 Å². The smallest absolute Gasteiger partial charge is 0.319 e. The van der Waals surface area contributed by atoms with E-state index in [2.05, 4.69) is 15.5 Å². The SMILES string of the molecule is CC(C)NC(=O)Nc1ccc(-c2nc(N3CCOC[C@@H]3C)cc(C(C)(C)S(=O)(=O)c3ccc(F)cc3)n2)cc1. The summed E-state index contributed by atoms with van der Waals surface area (Å²) in [5, 5.41) is 5.55. The fourth-order valence-corrected chi connectivity index (χ4v) is 5.73. The highest BCUT2D eigenvalue weighted by Gasteiger charge is 2.40. The van der Waals surface area contributed by atoms with Crippen LogP contribution in [0.5, 0.6) is 0 Å². The van der Waals surface area contributed by atoms with Gasteiger partial charge in [0.2, 0.25) is 0 Å². The quantitative estimate of drug-likeness (QED) is 0.405. The molecule has 1 aliphatic rings. The molecular weight excluding hydrogens is 521 g/mol. The molecule has 0 aliphatic carbocycles. The van der Waals surface area contributed by atoms with Crippen LogP contribution in [0.1, 0.15) is 40.3 Å². The van der Waals surface area contributed by atoms with Crippen molar-refractivity contribution >= 4 is 27.4 Å². The van der Waals surface area contributed by atoms with Gasteiger partial charge in [-0.15, -0.1) is 0 Å². The standard InChI is InChI=1S/C28H34FN5O4S/c1-18(2)30-27(35)31-22-10-6-20(7-11-22)26-32-24(16-25(33-26)34-14-15-38-17-19(34)3)28(4,5)39(36,37)23-12-8-21(29)9-13-23/h6-13,16,18-19H,14-15,17H2,1-5H3,(H2,30,31,35)/t19-/m0/s1. The number of morpholine rings is 1. The molecule has 1 atom stereocenters. The third-order valence-corrected chi connectivity index (χ3v) is 9.05. The molecule has 39 heavy (non-hydrogen) atoms. The molecule has 1 aromatic heterocycles. The molecule has 0 bridgehead atoms. The van der Waals surface area contributed by atoms with Crippen molar-refractivity contribution < 1.29 is 22.3 Å². The van der Waals surface area contributed by atoms with Crippen LogP contribution >= 0.6 is 0 Å². The number of anilines is 2. The molecule has 0 radical (unpaired) electrons. The van der Waals surface area contributed by atoms with Crippen molar-refractivity contribution in [3.63, 3.8) is 0 Å². The van der Waals surface area contributed by atoms with Crippen LogP contribution < -0.4 is 15.5 Å². The number of halogens is 1. The fourth-order valence-electron chi connectivity index (χ4n) is 4.26. The lowest BCUT2D eigenvalue weighted by molar-refractivity contribution is 0.0985. The number of aromatic nitrogens is 2. The number of carbonyl (C=O) groups excluding carboxylic acids is 1. The molecule has 2 aromatic carbocycles. The van der Waals surface area contributed by atoms with E-state index in [-0.39, 0.29) is 23.0 Å². The topological polar surface area (TPSA) is 114 Å². The number of ether oxygens (including phenoxy) is 1. The monoisotopic (exact) mass is 555 g/mol. The Balaban J connectivity index is 1.76. The van der Waals surface area contributed by atoms with Crippen LogP contribution in [0.4, 0.5) is 20.7 Å². The average molecular weight is 556 g/mol. The van der Waals surface area contributed by atoms with Crippen molar-refractivity contribution in [2.75, 3.05) is 30.0 Å². The van der Waals surface area contributed by atoms with Gasteiger partial charge in [-0.25, -0.2) is 27.6 Å². The molecule has 208 valence electrons. The Hall–Kier alpha value is -3.57.